The normalized spacial score (nSPS) is 19.8. The number of hydrogen-bond donors (Lipinski definition) is 0. The summed E-state index contributed by atoms with van der Waals surface area (Å²) in [7, 11) is 0. The molecule has 0 saturated carbocycles. The molecule has 4 heteroatoms. The van der Waals surface area contributed by atoms with Crippen molar-refractivity contribution >= 4 is 11.6 Å². The predicted molar refractivity (Wildman–Crippen MR) is 94.5 cm³/mol. The van der Waals surface area contributed by atoms with E-state index in [2.05, 4.69) is 36.1 Å². The van der Waals surface area contributed by atoms with E-state index >= 15 is 0 Å². The summed E-state index contributed by atoms with van der Waals surface area (Å²) in [6.45, 7) is 5.36. The molecule has 24 heavy (non-hydrogen) atoms. The lowest BCUT2D eigenvalue weighted by molar-refractivity contribution is -0.138. The molecule has 2 heterocycles. The Bertz CT molecular complexity index is 726. The number of amides is 1. The molecule has 0 bridgehead atoms. The molecule has 1 fully saturated rings. The van der Waals surface area contributed by atoms with E-state index in [9.17, 15) is 4.79 Å². The van der Waals surface area contributed by atoms with Crippen molar-refractivity contribution in [3.05, 3.63) is 59.7 Å². The average Bonchev–Trinajstić information content (AvgIpc) is 3.05. The molecule has 0 spiro atoms. The minimum absolute atomic E-state index is 0.120. The molecule has 0 unspecified atom stereocenters. The fourth-order valence-corrected chi connectivity index (χ4v) is 3.53. The first-order valence-corrected chi connectivity index (χ1v) is 8.56. The Morgan fingerprint density at radius 2 is 1.83 bits per heavy atom. The highest BCUT2D eigenvalue weighted by Gasteiger charge is 2.33. The van der Waals surface area contributed by atoms with Crippen LogP contribution in [0.1, 0.15) is 11.1 Å². The zero-order valence-electron chi connectivity index (χ0n) is 13.9. The summed E-state index contributed by atoms with van der Waals surface area (Å²) in [5.41, 5.74) is 3.64. The van der Waals surface area contributed by atoms with E-state index in [1.54, 1.807) is 0 Å². The van der Waals surface area contributed by atoms with Crippen molar-refractivity contribution in [1.29, 1.82) is 0 Å². The molecule has 0 aromatic heterocycles. The fourth-order valence-electron chi connectivity index (χ4n) is 3.53. The van der Waals surface area contributed by atoms with Crippen LogP contribution >= 0.6 is 0 Å². The largest absolute Gasteiger partial charge is 0.480 e. The predicted octanol–water partition coefficient (Wildman–Crippen LogP) is 2.65. The number of rotatable bonds is 2. The molecule has 1 amide bonds. The lowest BCUT2D eigenvalue weighted by Gasteiger charge is -2.37. The van der Waals surface area contributed by atoms with E-state index in [-0.39, 0.29) is 12.0 Å². The van der Waals surface area contributed by atoms with Crippen molar-refractivity contribution in [1.82, 2.24) is 4.90 Å². The molecule has 1 saturated heterocycles. The Balaban J connectivity index is 1.37. The summed E-state index contributed by atoms with van der Waals surface area (Å²) >= 11 is 0. The monoisotopic (exact) mass is 322 g/mol. The summed E-state index contributed by atoms with van der Waals surface area (Å²) in [5.74, 6) is 0.976. The van der Waals surface area contributed by atoms with Gasteiger partial charge in [0, 0.05) is 38.3 Å². The number of hydrogen-bond acceptors (Lipinski definition) is 3. The molecule has 0 radical (unpaired) electrons. The number of ether oxygens (including phenoxy) is 1. The molecule has 4 nitrogen and oxygen atoms in total. The van der Waals surface area contributed by atoms with Gasteiger partial charge in [0.15, 0.2) is 6.10 Å². The number of nitrogens with zero attached hydrogens (tertiary/aromatic N) is 2. The third-order valence-electron chi connectivity index (χ3n) is 4.88. The number of fused-ring (bicyclic) bond motifs is 1. The van der Waals surface area contributed by atoms with E-state index in [0.717, 1.165) is 37.5 Å². The van der Waals surface area contributed by atoms with Crippen LogP contribution in [-0.2, 0) is 11.2 Å². The molecule has 2 aliphatic heterocycles. The zero-order valence-corrected chi connectivity index (χ0v) is 13.9. The van der Waals surface area contributed by atoms with Crippen LogP contribution in [-0.4, -0.2) is 43.1 Å². The second kappa shape index (κ2) is 6.19. The quantitative estimate of drug-likeness (QED) is 0.852. The molecule has 2 aromatic carbocycles. The van der Waals surface area contributed by atoms with Crippen molar-refractivity contribution in [2.24, 2.45) is 0 Å². The van der Waals surface area contributed by atoms with Gasteiger partial charge in [-0.05, 0) is 36.2 Å². The van der Waals surface area contributed by atoms with E-state index < -0.39 is 0 Å². The number of piperazine rings is 1. The Labute approximate surface area is 142 Å². The van der Waals surface area contributed by atoms with Crippen molar-refractivity contribution in [3.8, 4) is 5.75 Å². The lowest BCUT2D eigenvalue weighted by atomic mass is 10.1. The van der Waals surface area contributed by atoms with Crippen molar-refractivity contribution < 1.29 is 9.53 Å². The standard InChI is InChI=1S/C20H22N2O2/c1-15-5-4-7-17(13-15)21-9-11-22(12-10-21)20(23)19-14-16-6-2-3-8-18(16)24-19/h2-8,13,19H,9-12,14H2,1H3/t19-/m0/s1. The summed E-state index contributed by atoms with van der Waals surface area (Å²) in [6.07, 6.45) is 0.334. The fraction of sp³-hybridized carbons (Fsp3) is 0.350. The second-order valence-electron chi connectivity index (χ2n) is 6.57. The van der Waals surface area contributed by atoms with E-state index in [1.807, 2.05) is 29.2 Å². The highest BCUT2D eigenvalue weighted by molar-refractivity contribution is 5.83. The average molecular weight is 322 g/mol. The lowest BCUT2D eigenvalue weighted by Crippen LogP contribution is -2.52. The molecule has 4 rings (SSSR count). The van der Waals surface area contributed by atoms with Crippen LogP contribution in [0.2, 0.25) is 0 Å². The maximum Gasteiger partial charge on any atom is 0.264 e. The Kier molecular flexibility index (Phi) is 3.89. The van der Waals surface area contributed by atoms with Gasteiger partial charge in [0.1, 0.15) is 5.75 Å². The molecular formula is C20H22N2O2. The van der Waals surface area contributed by atoms with Crippen molar-refractivity contribution in [3.63, 3.8) is 0 Å². The minimum atomic E-state index is -0.354. The van der Waals surface area contributed by atoms with E-state index in [4.69, 9.17) is 4.74 Å². The van der Waals surface area contributed by atoms with E-state index in [1.165, 1.54) is 11.3 Å². The van der Waals surface area contributed by atoms with Gasteiger partial charge in [-0.25, -0.2) is 0 Å². The molecule has 1 atom stereocenters. The second-order valence-corrected chi connectivity index (χ2v) is 6.57. The zero-order chi connectivity index (χ0) is 16.5. The van der Waals surface area contributed by atoms with Gasteiger partial charge in [-0.15, -0.1) is 0 Å². The molecule has 2 aliphatic rings. The van der Waals surface area contributed by atoms with Crippen molar-refractivity contribution in [2.75, 3.05) is 31.1 Å². The van der Waals surface area contributed by atoms with Gasteiger partial charge in [0.05, 0.1) is 0 Å². The maximum absolute atomic E-state index is 12.7. The summed E-state index contributed by atoms with van der Waals surface area (Å²) in [4.78, 5) is 17.0. The topological polar surface area (TPSA) is 32.8 Å². The molecule has 0 N–H and O–H groups in total. The summed E-state index contributed by atoms with van der Waals surface area (Å²) < 4.78 is 5.84. The Morgan fingerprint density at radius 1 is 1.04 bits per heavy atom. The smallest absolute Gasteiger partial charge is 0.264 e. The Hall–Kier alpha value is -2.49. The van der Waals surface area contributed by atoms with Crippen LogP contribution < -0.4 is 9.64 Å². The van der Waals surface area contributed by atoms with Gasteiger partial charge >= 0.3 is 0 Å². The SMILES string of the molecule is Cc1cccc(N2CCN(C(=O)[C@@H]3Cc4ccccc4O3)CC2)c1. The number of carbonyl (C=O) groups is 1. The maximum atomic E-state index is 12.7. The number of aryl methyl sites for hydroxylation is 1. The Morgan fingerprint density at radius 3 is 2.58 bits per heavy atom. The molecule has 0 aliphatic carbocycles. The number of para-hydroxylation sites is 1. The molecular weight excluding hydrogens is 300 g/mol. The van der Waals surface area contributed by atoms with Crippen LogP contribution in [0, 0.1) is 6.92 Å². The third-order valence-corrected chi connectivity index (χ3v) is 4.88. The van der Waals surface area contributed by atoms with Crippen LogP contribution in [0.4, 0.5) is 5.69 Å². The number of anilines is 1. The first-order valence-electron chi connectivity index (χ1n) is 8.56. The van der Waals surface area contributed by atoms with Crippen LogP contribution in [0.3, 0.4) is 0 Å². The van der Waals surface area contributed by atoms with Crippen LogP contribution in [0.25, 0.3) is 0 Å². The third kappa shape index (κ3) is 2.84. The number of benzene rings is 2. The van der Waals surface area contributed by atoms with Crippen molar-refractivity contribution in [2.45, 2.75) is 19.4 Å². The van der Waals surface area contributed by atoms with Gasteiger partial charge in [0.25, 0.3) is 5.91 Å². The number of carbonyl (C=O) groups excluding carboxylic acids is 1. The van der Waals surface area contributed by atoms with Gasteiger partial charge in [-0.3, -0.25) is 4.79 Å². The highest BCUT2D eigenvalue weighted by atomic mass is 16.5. The van der Waals surface area contributed by atoms with E-state index in [0.29, 0.717) is 6.42 Å². The van der Waals surface area contributed by atoms with Gasteiger partial charge in [0.2, 0.25) is 0 Å². The summed E-state index contributed by atoms with van der Waals surface area (Å²) in [6, 6.07) is 16.5. The first kappa shape index (κ1) is 15.1. The van der Waals surface area contributed by atoms with Gasteiger partial charge in [-0.2, -0.15) is 0 Å². The molecule has 124 valence electrons. The summed E-state index contributed by atoms with van der Waals surface area (Å²) in [5, 5.41) is 0. The minimum Gasteiger partial charge on any atom is -0.480 e. The van der Waals surface area contributed by atoms with Crippen LogP contribution in [0.5, 0.6) is 5.75 Å². The molecule has 2 aromatic rings. The first-order chi connectivity index (χ1) is 11.7. The van der Waals surface area contributed by atoms with Gasteiger partial charge < -0.3 is 14.5 Å². The highest BCUT2D eigenvalue weighted by Crippen LogP contribution is 2.29. The van der Waals surface area contributed by atoms with Crippen LogP contribution in [0.15, 0.2) is 48.5 Å². The van der Waals surface area contributed by atoms with Gasteiger partial charge in [-0.1, -0.05) is 30.3 Å².